The van der Waals surface area contributed by atoms with Crippen molar-refractivity contribution >= 4 is 5.97 Å². The van der Waals surface area contributed by atoms with E-state index in [-0.39, 0.29) is 12.5 Å². The second-order valence-corrected chi connectivity index (χ2v) is 8.33. The molecular weight excluding hydrogens is 400 g/mol. The summed E-state index contributed by atoms with van der Waals surface area (Å²) in [7, 11) is 0. The van der Waals surface area contributed by atoms with Gasteiger partial charge in [0.25, 0.3) is 0 Å². The number of hydrogen-bond acceptors (Lipinski definition) is 3. The molecular formula is C28H30O4. The highest BCUT2D eigenvalue weighted by atomic mass is 16.5. The van der Waals surface area contributed by atoms with Gasteiger partial charge in [-0.2, -0.15) is 0 Å². The van der Waals surface area contributed by atoms with Gasteiger partial charge in [0, 0.05) is 6.42 Å². The van der Waals surface area contributed by atoms with Crippen LogP contribution in [0.3, 0.4) is 0 Å². The maximum absolute atomic E-state index is 10.7. The highest BCUT2D eigenvalue weighted by molar-refractivity contribution is 5.67. The Hall–Kier alpha value is -3.27. The number of ether oxygens (including phenoxy) is 2. The van der Waals surface area contributed by atoms with Gasteiger partial charge in [-0.3, -0.25) is 4.79 Å². The van der Waals surface area contributed by atoms with Crippen molar-refractivity contribution in [3.05, 3.63) is 95.1 Å². The van der Waals surface area contributed by atoms with Crippen molar-refractivity contribution in [2.24, 2.45) is 0 Å². The molecule has 4 nitrogen and oxygen atoms in total. The number of hydrogen-bond donors (Lipinski definition) is 1. The Bertz CT molecular complexity index is 1010. The van der Waals surface area contributed by atoms with E-state index < -0.39 is 5.97 Å². The normalized spacial score (nSPS) is 14.7. The summed E-state index contributed by atoms with van der Waals surface area (Å²) in [6.07, 6.45) is 5.94. The van der Waals surface area contributed by atoms with Gasteiger partial charge in [-0.25, -0.2) is 0 Å². The van der Waals surface area contributed by atoms with Gasteiger partial charge in [-0.15, -0.1) is 0 Å². The zero-order chi connectivity index (χ0) is 22.2. The first kappa shape index (κ1) is 21.9. The number of aryl methyl sites for hydroxylation is 3. The van der Waals surface area contributed by atoms with E-state index in [2.05, 4.69) is 42.5 Å². The minimum absolute atomic E-state index is 0.0507. The summed E-state index contributed by atoms with van der Waals surface area (Å²) < 4.78 is 12.2. The molecule has 0 amide bonds. The number of rotatable bonds is 11. The van der Waals surface area contributed by atoms with Gasteiger partial charge in [0.2, 0.25) is 0 Å². The highest BCUT2D eigenvalue weighted by Crippen LogP contribution is 2.37. The molecule has 1 atom stereocenters. The zero-order valence-corrected chi connectivity index (χ0v) is 18.3. The topological polar surface area (TPSA) is 55.8 Å². The van der Waals surface area contributed by atoms with Crippen LogP contribution in [0.1, 0.15) is 54.0 Å². The smallest absolute Gasteiger partial charge is 0.303 e. The molecule has 1 unspecified atom stereocenters. The molecule has 0 heterocycles. The molecule has 0 saturated heterocycles. The second-order valence-electron chi connectivity index (χ2n) is 8.33. The van der Waals surface area contributed by atoms with Crippen molar-refractivity contribution in [2.45, 2.75) is 51.0 Å². The van der Waals surface area contributed by atoms with Crippen molar-refractivity contribution in [1.29, 1.82) is 0 Å². The van der Waals surface area contributed by atoms with Gasteiger partial charge < -0.3 is 14.6 Å². The first-order chi connectivity index (χ1) is 15.7. The third-order valence-corrected chi connectivity index (χ3v) is 5.94. The number of aliphatic carboxylic acids is 1. The fraction of sp³-hybridized carbons (Fsp3) is 0.321. The molecule has 4 rings (SSSR count). The molecule has 0 aromatic heterocycles. The number of carboxylic acid groups (broad SMARTS) is 1. The standard InChI is InChI=1S/C28H30O4/c29-28(30)18-11-22-9-13-24(14-10-22)32-27-17-12-23-20-25(15-16-26(23)27)31-19-5-4-8-21-6-2-1-3-7-21/h1-3,6-7,9-10,13-16,20,27H,4-5,8,11-12,17-19H2,(H,29,30). The molecule has 0 bridgehead atoms. The van der Waals surface area contributed by atoms with Crippen molar-refractivity contribution in [1.82, 2.24) is 0 Å². The van der Waals surface area contributed by atoms with Crippen LogP contribution in [0.2, 0.25) is 0 Å². The second kappa shape index (κ2) is 10.9. The Balaban J connectivity index is 1.24. The largest absolute Gasteiger partial charge is 0.494 e. The van der Waals surface area contributed by atoms with Gasteiger partial charge in [0.05, 0.1) is 6.61 Å². The molecule has 1 aliphatic carbocycles. The number of benzene rings is 3. The summed E-state index contributed by atoms with van der Waals surface area (Å²) in [6.45, 7) is 0.736. The van der Waals surface area contributed by atoms with E-state index >= 15 is 0 Å². The van der Waals surface area contributed by atoms with Gasteiger partial charge in [0.1, 0.15) is 17.6 Å². The molecule has 3 aromatic rings. The molecule has 166 valence electrons. The summed E-state index contributed by atoms with van der Waals surface area (Å²) in [4.78, 5) is 10.7. The third kappa shape index (κ3) is 6.13. The SMILES string of the molecule is O=C(O)CCc1ccc(OC2CCc3cc(OCCCCc4ccccc4)ccc32)cc1. The summed E-state index contributed by atoms with van der Waals surface area (Å²) in [6, 6.07) is 24.7. The maximum atomic E-state index is 10.7. The van der Waals surface area contributed by atoms with Crippen LogP contribution >= 0.6 is 0 Å². The average molecular weight is 431 g/mol. The number of carbonyl (C=O) groups is 1. The zero-order valence-electron chi connectivity index (χ0n) is 18.3. The first-order valence-electron chi connectivity index (χ1n) is 11.4. The van der Waals surface area contributed by atoms with Crippen LogP contribution in [-0.4, -0.2) is 17.7 Å². The maximum Gasteiger partial charge on any atom is 0.303 e. The minimum Gasteiger partial charge on any atom is -0.494 e. The van der Waals surface area contributed by atoms with Crippen LogP contribution < -0.4 is 9.47 Å². The summed E-state index contributed by atoms with van der Waals surface area (Å²) in [5.41, 5.74) is 4.93. The minimum atomic E-state index is -0.775. The molecule has 4 heteroatoms. The first-order valence-corrected chi connectivity index (χ1v) is 11.4. The lowest BCUT2D eigenvalue weighted by atomic mass is 10.1. The van der Waals surface area contributed by atoms with E-state index in [0.29, 0.717) is 6.42 Å². The monoisotopic (exact) mass is 430 g/mol. The van der Waals surface area contributed by atoms with Gasteiger partial charge in [-0.05, 0) is 85.0 Å². The van der Waals surface area contributed by atoms with Crippen LogP contribution in [0.5, 0.6) is 11.5 Å². The highest BCUT2D eigenvalue weighted by Gasteiger charge is 2.24. The van der Waals surface area contributed by atoms with Crippen molar-refractivity contribution in [3.8, 4) is 11.5 Å². The number of unbranched alkanes of at least 4 members (excludes halogenated alkanes) is 1. The van der Waals surface area contributed by atoms with E-state index in [1.165, 1.54) is 16.7 Å². The van der Waals surface area contributed by atoms with Crippen LogP contribution in [0.25, 0.3) is 0 Å². The van der Waals surface area contributed by atoms with Crippen LogP contribution in [0, 0.1) is 0 Å². The third-order valence-electron chi connectivity index (χ3n) is 5.94. The van der Waals surface area contributed by atoms with E-state index in [4.69, 9.17) is 14.6 Å². The van der Waals surface area contributed by atoms with Crippen molar-refractivity contribution in [3.63, 3.8) is 0 Å². The average Bonchev–Trinajstić information content (AvgIpc) is 3.21. The van der Waals surface area contributed by atoms with Gasteiger partial charge in [0.15, 0.2) is 0 Å². The van der Waals surface area contributed by atoms with Crippen molar-refractivity contribution in [2.75, 3.05) is 6.61 Å². The molecule has 0 radical (unpaired) electrons. The summed E-state index contributed by atoms with van der Waals surface area (Å²) >= 11 is 0. The fourth-order valence-electron chi connectivity index (χ4n) is 4.18. The van der Waals surface area contributed by atoms with E-state index in [0.717, 1.165) is 55.8 Å². The Morgan fingerprint density at radius 3 is 2.41 bits per heavy atom. The predicted molar refractivity (Wildman–Crippen MR) is 125 cm³/mol. The van der Waals surface area contributed by atoms with E-state index in [1.807, 2.05) is 30.3 Å². The van der Waals surface area contributed by atoms with Gasteiger partial charge in [-0.1, -0.05) is 48.5 Å². The molecule has 0 spiro atoms. The van der Waals surface area contributed by atoms with Crippen LogP contribution in [0.15, 0.2) is 72.8 Å². The Labute approximate surface area is 189 Å². The molecule has 0 saturated carbocycles. The lowest BCUT2D eigenvalue weighted by molar-refractivity contribution is -0.136. The van der Waals surface area contributed by atoms with Gasteiger partial charge >= 0.3 is 5.97 Å². The lowest BCUT2D eigenvalue weighted by Gasteiger charge is -2.16. The number of fused-ring (bicyclic) bond motifs is 1. The van der Waals surface area contributed by atoms with Crippen LogP contribution in [0.4, 0.5) is 0 Å². The molecule has 0 aliphatic heterocycles. The molecule has 32 heavy (non-hydrogen) atoms. The quantitative estimate of drug-likeness (QED) is 0.370. The molecule has 0 fully saturated rings. The summed E-state index contributed by atoms with van der Waals surface area (Å²) in [5, 5.41) is 8.81. The Kier molecular flexibility index (Phi) is 7.44. The van der Waals surface area contributed by atoms with E-state index in [1.54, 1.807) is 0 Å². The van der Waals surface area contributed by atoms with Crippen LogP contribution in [-0.2, 0) is 24.1 Å². The summed E-state index contributed by atoms with van der Waals surface area (Å²) in [5.74, 6) is 0.982. The lowest BCUT2D eigenvalue weighted by Crippen LogP contribution is -2.04. The molecule has 3 aromatic carbocycles. The fourth-order valence-corrected chi connectivity index (χ4v) is 4.18. The van der Waals surface area contributed by atoms with E-state index in [9.17, 15) is 4.79 Å². The number of carboxylic acids is 1. The molecule has 1 aliphatic rings. The predicted octanol–water partition coefficient (Wildman–Crippen LogP) is 6.17. The Morgan fingerprint density at radius 1 is 0.875 bits per heavy atom. The van der Waals surface area contributed by atoms with Crippen molar-refractivity contribution < 1.29 is 19.4 Å². The Morgan fingerprint density at radius 2 is 1.62 bits per heavy atom. The molecule has 1 N–H and O–H groups in total.